The van der Waals surface area contributed by atoms with E-state index in [9.17, 15) is 33.1 Å². The van der Waals surface area contributed by atoms with Crippen molar-refractivity contribution in [3.8, 4) is 11.8 Å². The number of benzene rings is 1. The third-order valence-electron chi connectivity index (χ3n) is 6.03. The molecule has 3 aromatic heterocycles. The number of hydrogen-bond acceptors (Lipinski definition) is 8. The third-order valence-corrected chi connectivity index (χ3v) is 6.03. The van der Waals surface area contributed by atoms with Crippen LogP contribution in [-0.2, 0) is 20.3 Å². The van der Waals surface area contributed by atoms with E-state index in [1.54, 1.807) is 20.2 Å². The van der Waals surface area contributed by atoms with E-state index in [0.29, 0.717) is 5.56 Å². The second-order valence-electron chi connectivity index (χ2n) is 8.52. The average molecular weight is 527 g/mol. The van der Waals surface area contributed by atoms with Gasteiger partial charge in [-0.2, -0.15) is 23.5 Å². The fraction of sp³-hybridized carbons (Fsp3) is 0.250. The fourth-order valence-corrected chi connectivity index (χ4v) is 4.22. The molecule has 2 atom stereocenters. The minimum absolute atomic E-state index is 0.0286. The molecule has 0 spiro atoms. The summed E-state index contributed by atoms with van der Waals surface area (Å²) in [5.41, 5.74) is -1.80. The van der Waals surface area contributed by atoms with Crippen LogP contribution in [0.25, 0.3) is 0 Å². The lowest BCUT2D eigenvalue weighted by Crippen LogP contribution is -2.29. The van der Waals surface area contributed by atoms with Crippen LogP contribution in [0.4, 0.5) is 18.9 Å². The van der Waals surface area contributed by atoms with Crippen molar-refractivity contribution in [2.45, 2.75) is 24.9 Å². The molecule has 1 amide bonds. The summed E-state index contributed by atoms with van der Waals surface area (Å²) in [4.78, 5) is 29.9. The maximum Gasteiger partial charge on any atom is 0.416 e. The van der Waals surface area contributed by atoms with Gasteiger partial charge >= 0.3 is 6.18 Å². The monoisotopic (exact) mass is 527 g/mol. The van der Waals surface area contributed by atoms with Crippen LogP contribution in [-0.4, -0.2) is 35.5 Å². The van der Waals surface area contributed by atoms with Gasteiger partial charge in [0.2, 0.25) is 5.75 Å². The van der Waals surface area contributed by atoms with Crippen molar-refractivity contribution in [1.82, 2.24) is 24.5 Å². The minimum atomic E-state index is -4.66. The normalized spacial score (nSPS) is 13.1. The van der Waals surface area contributed by atoms with Gasteiger partial charge in [-0.25, -0.2) is 4.98 Å². The number of alkyl halides is 3. The van der Waals surface area contributed by atoms with Crippen LogP contribution in [0.5, 0.6) is 5.75 Å². The van der Waals surface area contributed by atoms with Crippen molar-refractivity contribution in [2.75, 3.05) is 5.32 Å². The van der Waals surface area contributed by atoms with Crippen LogP contribution in [0.2, 0.25) is 0 Å². The number of nitrogens with zero attached hydrogens (tertiary/aromatic N) is 6. The molecule has 11 nitrogen and oxygen atoms in total. The van der Waals surface area contributed by atoms with E-state index in [1.807, 2.05) is 6.07 Å². The van der Waals surface area contributed by atoms with Gasteiger partial charge in [0.25, 0.3) is 11.5 Å². The molecule has 38 heavy (non-hydrogen) atoms. The van der Waals surface area contributed by atoms with E-state index in [2.05, 4.69) is 25.1 Å². The number of nitriles is 1. The first-order valence-corrected chi connectivity index (χ1v) is 11.0. The molecule has 4 aromatic rings. The summed E-state index contributed by atoms with van der Waals surface area (Å²) in [6.45, 7) is 1.64. The van der Waals surface area contributed by atoms with Crippen LogP contribution in [0.15, 0.2) is 52.4 Å². The van der Waals surface area contributed by atoms with Crippen molar-refractivity contribution in [2.24, 2.45) is 14.1 Å². The predicted octanol–water partition coefficient (Wildman–Crippen LogP) is 3.29. The van der Waals surface area contributed by atoms with Crippen molar-refractivity contribution in [1.29, 1.82) is 5.26 Å². The number of halogens is 3. The fourth-order valence-electron chi connectivity index (χ4n) is 4.22. The average Bonchev–Trinajstić information content (AvgIpc) is 3.54. The lowest BCUT2D eigenvalue weighted by molar-refractivity contribution is -0.137. The molecule has 0 saturated carbocycles. The Morgan fingerprint density at radius 2 is 2.00 bits per heavy atom. The lowest BCUT2D eigenvalue weighted by atomic mass is 9.80. The Balaban J connectivity index is 1.87. The summed E-state index contributed by atoms with van der Waals surface area (Å²) in [5.74, 6) is -3.38. The van der Waals surface area contributed by atoms with Crippen molar-refractivity contribution < 1.29 is 27.6 Å². The molecule has 4 rings (SSSR count). The van der Waals surface area contributed by atoms with E-state index in [-0.39, 0.29) is 22.6 Å². The van der Waals surface area contributed by atoms with Gasteiger partial charge < -0.3 is 14.9 Å². The van der Waals surface area contributed by atoms with Crippen molar-refractivity contribution in [3.05, 3.63) is 87.2 Å². The predicted molar refractivity (Wildman–Crippen MR) is 125 cm³/mol. The third kappa shape index (κ3) is 4.85. The van der Waals surface area contributed by atoms with Gasteiger partial charge in [-0.15, -0.1) is 0 Å². The summed E-state index contributed by atoms with van der Waals surface area (Å²) in [6.07, 6.45) is 0.781. The molecular weight excluding hydrogens is 507 g/mol. The summed E-state index contributed by atoms with van der Waals surface area (Å²) in [7, 11) is 2.98. The molecule has 2 N–H and O–H groups in total. The highest BCUT2D eigenvalue weighted by Crippen LogP contribution is 2.40. The Hall–Kier alpha value is -4.93. The molecule has 0 aliphatic heterocycles. The summed E-state index contributed by atoms with van der Waals surface area (Å²) in [5, 5.41) is 30.1. The first-order chi connectivity index (χ1) is 17.9. The largest absolute Gasteiger partial charge is 0.501 e. The number of amides is 1. The van der Waals surface area contributed by atoms with Gasteiger partial charge in [-0.05, 0) is 23.3 Å². The number of nitrogens with one attached hydrogen (secondary N) is 1. The number of anilines is 1. The van der Waals surface area contributed by atoms with Crippen LogP contribution < -0.4 is 10.9 Å². The Labute approximate surface area is 212 Å². The molecule has 0 aliphatic carbocycles. The van der Waals surface area contributed by atoms with E-state index in [0.717, 1.165) is 23.0 Å². The molecule has 1 aromatic carbocycles. The number of hydrogen-bond donors (Lipinski definition) is 2. The highest BCUT2D eigenvalue weighted by atomic mass is 19.4. The zero-order valence-electron chi connectivity index (χ0n) is 20.2. The zero-order valence-corrected chi connectivity index (χ0v) is 20.2. The summed E-state index contributed by atoms with van der Waals surface area (Å²) >= 11 is 0. The number of carbonyl (C=O) groups excluding carboxylic acids is 1. The molecule has 0 aliphatic rings. The second-order valence-corrected chi connectivity index (χ2v) is 8.52. The maximum atomic E-state index is 13.3. The molecule has 3 heterocycles. The maximum absolute atomic E-state index is 13.3. The van der Waals surface area contributed by atoms with Gasteiger partial charge in [0.1, 0.15) is 17.8 Å². The van der Waals surface area contributed by atoms with E-state index < -0.39 is 46.5 Å². The van der Waals surface area contributed by atoms with E-state index >= 15 is 0 Å². The second kappa shape index (κ2) is 9.85. The van der Waals surface area contributed by atoms with Gasteiger partial charge in [0.15, 0.2) is 5.69 Å². The van der Waals surface area contributed by atoms with Crippen LogP contribution in [0, 0.1) is 11.3 Å². The molecule has 0 fully saturated rings. The molecular formula is C24H20F3N7O4. The van der Waals surface area contributed by atoms with Gasteiger partial charge in [0.05, 0.1) is 29.6 Å². The number of aromatic nitrogens is 5. The first kappa shape index (κ1) is 26.1. The number of aromatic hydroxyl groups is 1. The van der Waals surface area contributed by atoms with Crippen LogP contribution in [0.1, 0.15) is 57.3 Å². The Morgan fingerprint density at radius 3 is 2.58 bits per heavy atom. The van der Waals surface area contributed by atoms with Crippen LogP contribution >= 0.6 is 0 Å². The molecule has 0 saturated heterocycles. The number of aryl methyl sites for hydroxylation is 1. The summed E-state index contributed by atoms with van der Waals surface area (Å²) in [6, 6.07) is 4.65. The molecule has 14 heteroatoms. The minimum Gasteiger partial charge on any atom is -0.501 e. The van der Waals surface area contributed by atoms with Crippen molar-refractivity contribution >= 4 is 11.6 Å². The lowest BCUT2D eigenvalue weighted by Gasteiger charge is -2.26. The molecule has 196 valence electrons. The van der Waals surface area contributed by atoms with Gasteiger partial charge in [0, 0.05) is 32.1 Å². The van der Waals surface area contributed by atoms with E-state index in [1.165, 1.54) is 30.2 Å². The van der Waals surface area contributed by atoms with Crippen molar-refractivity contribution in [3.63, 3.8) is 0 Å². The SMILES string of the molecule is C[C@H](c1nc(C(=O)Nc2cnoc2)c(O)c(=O)n1C)[C@@H](c1cnn(C)c1)c1ccc(C(F)(F)F)cc1C#N. The number of rotatable bonds is 6. The standard InChI is InChI=1S/C24H20F3N7O4/c1-12(21-32-19(20(35)23(37)34(21)3)22(36)31-16-9-30-38-11-16)18(14-8-29-33(2)10-14)17-5-4-15(24(25,26)27)6-13(17)7-28/h4-6,8-12,18,35H,1-3H3,(H,31,36)/t12-,18-/m0/s1. The highest BCUT2D eigenvalue weighted by Gasteiger charge is 2.35. The van der Waals surface area contributed by atoms with Crippen LogP contribution in [0.3, 0.4) is 0 Å². The van der Waals surface area contributed by atoms with Gasteiger partial charge in [-0.1, -0.05) is 18.1 Å². The smallest absolute Gasteiger partial charge is 0.416 e. The molecule has 0 radical (unpaired) electrons. The Bertz CT molecular complexity index is 1600. The quantitative estimate of drug-likeness (QED) is 0.388. The van der Waals surface area contributed by atoms with Gasteiger partial charge in [-0.3, -0.25) is 18.8 Å². The Kier molecular flexibility index (Phi) is 6.77. The first-order valence-electron chi connectivity index (χ1n) is 11.0. The zero-order chi connectivity index (χ0) is 27.8. The Morgan fingerprint density at radius 1 is 1.26 bits per heavy atom. The molecule has 0 unspecified atom stereocenters. The highest BCUT2D eigenvalue weighted by molar-refractivity contribution is 6.04. The number of carbonyl (C=O) groups is 1. The molecule has 0 bridgehead atoms. The topological polar surface area (TPSA) is 152 Å². The van der Waals surface area contributed by atoms with E-state index in [4.69, 9.17) is 0 Å². The summed E-state index contributed by atoms with van der Waals surface area (Å²) < 4.78 is 47.2.